The summed E-state index contributed by atoms with van der Waals surface area (Å²) in [4.78, 5) is 0. The summed E-state index contributed by atoms with van der Waals surface area (Å²) in [5, 5.41) is 4.88. The highest BCUT2D eigenvalue weighted by Gasteiger charge is 2.23. The van der Waals surface area contributed by atoms with Gasteiger partial charge in [0.15, 0.2) is 0 Å². The summed E-state index contributed by atoms with van der Waals surface area (Å²) >= 11 is 0. The quantitative estimate of drug-likeness (QED) is 0.379. The molecule has 0 spiro atoms. The number of halogens is 1. The normalized spacial score (nSPS) is 11.5. The van der Waals surface area contributed by atoms with Crippen LogP contribution in [-0.4, -0.2) is 9.78 Å². The molecule has 0 amide bonds. The van der Waals surface area contributed by atoms with E-state index in [9.17, 15) is 4.39 Å². The summed E-state index contributed by atoms with van der Waals surface area (Å²) in [5.41, 5.74) is 4.66. The third kappa shape index (κ3) is 4.28. The van der Waals surface area contributed by atoms with Crippen LogP contribution < -0.4 is 4.74 Å². The Morgan fingerprint density at radius 2 is 1.53 bits per heavy atom. The Bertz CT molecular complexity index is 1130. The van der Waals surface area contributed by atoms with E-state index in [-0.39, 0.29) is 17.8 Å². The smallest absolute Gasteiger partial charge is 0.129 e. The van der Waals surface area contributed by atoms with Gasteiger partial charge in [0.1, 0.15) is 18.2 Å². The van der Waals surface area contributed by atoms with Crippen LogP contribution in [0.1, 0.15) is 31.9 Å². The molecule has 0 aliphatic rings. The van der Waals surface area contributed by atoms with Gasteiger partial charge < -0.3 is 4.74 Å². The van der Waals surface area contributed by atoms with Crippen LogP contribution in [0.15, 0.2) is 85.1 Å². The van der Waals surface area contributed by atoms with Crippen molar-refractivity contribution < 1.29 is 9.13 Å². The molecule has 30 heavy (non-hydrogen) atoms. The van der Waals surface area contributed by atoms with Gasteiger partial charge in [0.2, 0.25) is 0 Å². The molecule has 0 unspecified atom stereocenters. The Balaban J connectivity index is 1.60. The topological polar surface area (TPSA) is 27.1 Å². The van der Waals surface area contributed by atoms with Gasteiger partial charge >= 0.3 is 0 Å². The Morgan fingerprint density at radius 1 is 0.867 bits per heavy atom. The minimum atomic E-state index is -0.254. The van der Waals surface area contributed by atoms with Crippen molar-refractivity contribution in [2.75, 3.05) is 0 Å². The van der Waals surface area contributed by atoms with Crippen LogP contribution in [0.25, 0.3) is 16.9 Å². The molecule has 4 rings (SSSR count). The summed E-state index contributed by atoms with van der Waals surface area (Å²) in [6.45, 7) is 6.76. The molecular weight excluding hydrogens is 375 g/mol. The van der Waals surface area contributed by atoms with E-state index in [1.807, 2.05) is 65.3 Å². The maximum Gasteiger partial charge on any atom is 0.129 e. The van der Waals surface area contributed by atoms with Crippen LogP contribution in [0.4, 0.5) is 4.39 Å². The third-order valence-electron chi connectivity index (χ3n) is 5.02. The fourth-order valence-corrected chi connectivity index (χ4v) is 3.33. The third-order valence-corrected chi connectivity index (χ3v) is 5.02. The molecule has 0 bridgehead atoms. The summed E-state index contributed by atoms with van der Waals surface area (Å²) in [5.74, 6) is 0.442. The summed E-state index contributed by atoms with van der Waals surface area (Å²) < 4.78 is 21.5. The predicted molar refractivity (Wildman–Crippen MR) is 118 cm³/mol. The zero-order valence-electron chi connectivity index (χ0n) is 17.5. The van der Waals surface area contributed by atoms with Crippen LogP contribution in [0.3, 0.4) is 0 Å². The van der Waals surface area contributed by atoms with Crippen molar-refractivity contribution in [3.8, 4) is 22.7 Å². The Labute approximate surface area is 176 Å². The van der Waals surface area contributed by atoms with Crippen molar-refractivity contribution in [3.05, 3.63) is 102 Å². The standard InChI is InChI=1S/C26H25FN2O/c1-26(2,3)23-17-29(21-10-5-4-6-11-21)28-25(23)19-13-15-22(16-14-19)30-18-20-9-7-8-12-24(20)27/h4-17H,18H2,1-3H3. The lowest BCUT2D eigenvalue weighted by Gasteiger charge is -2.18. The number of nitrogens with zero attached hydrogens (tertiary/aromatic N) is 2. The van der Waals surface area contributed by atoms with E-state index >= 15 is 0 Å². The first-order chi connectivity index (χ1) is 14.4. The van der Waals surface area contributed by atoms with Crippen LogP contribution in [-0.2, 0) is 12.0 Å². The first kappa shape index (κ1) is 19.9. The van der Waals surface area contributed by atoms with E-state index in [0.29, 0.717) is 11.3 Å². The SMILES string of the molecule is CC(C)(C)c1cn(-c2ccccc2)nc1-c1ccc(OCc2ccccc2F)cc1. The minimum absolute atomic E-state index is 0.0532. The summed E-state index contributed by atoms with van der Waals surface area (Å²) in [6, 6.07) is 24.6. The highest BCUT2D eigenvalue weighted by atomic mass is 19.1. The molecule has 1 heterocycles. The zero-order chi connectivity index (χ0) is 21.1. The summed E-state index contributed by atoms with van der Waals surface area (Å²) in [6.07, 6.45) is 2.10. The molecule has 4 aromatic rings. The first-order valence-electron chi connectivity index (χ1n) is 10.0. The lowest BCUT2D eigenvalue weighted by atomic mass is 9.86. The summed E-state index contributed by atoms with van der Waals surface area (Å²) in [7, 11) is 0. The van der Waals surface area contributed by atoms with Crippen molar-refractivity contribution in [2.45, 2.75) is 32.8 Å². The van der Waals surface area contributed by atoms with E-state index in [2.05, 4.69) is 27.0 Å². The van der Waals surface area contributed by atoms with Gasteiger partial charge in [0.05, 0.1) is 11.4 Å². The Morgan fingerprint density at radius 3 is 2.20 bits per heavy atom. The van der Waals surface area contributed by atoms with E-state index in [1.54, 1.807) is 12.1 Å². The Kier molecular flexibility index (Phi) is 5.40. The number of rotatable bonds is 5. The van der Waals surface area contributed by atoms with Crippen LogP contribution in [0.5, 0.6) is 5.75 Å². The second-order valence-electron chi connectivity index (χ2n) is 8.33. The van der Waals surface area contributed by atoms with Crippen molar-refractivity contribution in [1.82, 2.24) is 9.78 Å². The molecule has 1 aromatic heterocycles. The van der Waals surface area contributed by atoms with Gasteiger partial charge in [-0.2, -0.15) is 5.10 Å². The van der Waals surface area contributed by atoms with Gasteiger partial charge in [0.25, 0.3) is 0 Å². The molecule has 152 valence electrons. The van der Waals surface area contributed by atoms with Gasteiger partial charge in [-0.15, -0.1) is 0 Å². The number of aromatic nitrogens is 2. The van der Waals surface area contributed by atoms with Crippen molar-refractivity contribution >= 4 is 0 Å². The van der Waals surface area contributed by atoms with Crippen molar-refractivity contribution in [1.29, 1.82) is 0 Å². The highest BCUT2D eigenvalue weighted by molar-refractivity contribution is 5.65. The predicted octanol–water partition coefficient (Wildman–Crippen LogP) is 6.55. The molecule has 4 heteroatoms. The van der Waals surface area contributed by atoms with Gasteiger partial charge in [0, 0.05) is 22.9 Å². The molecule has 0 atom stereocenters. The first-order valence-corrected chi connectivity index (χ1v) is 10.0. The van der Waals surface area contributed by atoms with E-state index < -0.39 is 0 Å². The molecule has 0 fully saturated rings. The molecule has 0 aliphatic heterocycles. The van der Waals surface area contributed by atoms with Gasteiger partial charge in [-0.1, -0.05) is 57.2 Å². The maximum atomic E-state index is 13.8. The maximum absolute atomic E-state index is 13.8. The number of para-hydroxylation sites is 1. The number of hydrogen-bond acceptors (Lipinski definition) is 2. The molecule has 0 saturated carbocycles. The number of ether oxygens (including phenoxy) is 1. The minimum Gasteiger partial charge on any atom is -0.489 e. The van der Waals surface area contributed by atoms with Crippen LogP contribution in [0.2, 0.25) is 0 Å². The molecule has 3 nitrogen and oxygen atoms in total. The molecular formula is C26H25FN2O. The van der Waals surface area contributed by atoms with Gasteiger partial charge in [-0.3, -0.25) is 0 Å². The number of benzene rings is 3. The highest BCUT2D eigenvalue weighted by Crippen LogP contribution is 2.33. The van der Waals surface area contributed by atoms with E-state index in [1.165, 1.54) is 11.6 Å². The average molecular weight is 400 g/mol. The van der Waals surface area contributed by atoms with Crippen molar-refractivity contribution in [2.24, 2.45) is 0 Å². The lowest BCUT2D eigenvalue weighted by Crippen LogP contribution is -2.11. The lowest BCUT2D eigenvalue weighted by molar-refractivity contribution is 0.300. The average Bonchev–Trinajstić information content (AvgIpc) is 3.20. The fraction of sp³-hybridized carbons (Fsp3) is 0.192. The Hall–Kier alpha value is -3.40. The largest absolute Gasteiger partial charge is 0.489 e. The van der Waals surface area contributed by atoms with Gasteiger partial charge in [-0.25, -0.2) is 9.07 Å². The van der Waals surface area contributed by atoms with E-state index in [4.69, 9.17) is 9.84 Å². The van der Waals surface area contributed by atoms with Gasteiger partial charge in [-0.05, 0) is 47.9 Å². The second-order valence-corrected chi connectivity index (χ2v) is 8.33. The van der Waals surface area contributed by atoms with Crippen molar-refractivity contribution in [3.63, 3.8) is 0 Å². The van der Waals surface area contributed by atoms with Crippen LogP contribution in [0, 0.1) is 5.82 Å². The molecule has 0 saturated heterocycles. The monoisotopic (exact) mass is 400 g/mol. The molecule has 0 radical (unpaired) electrons. The zero-order valence-corrected chi connectivity index (χ0v) is 17.5. The molecule has 3 aromatic carbocycles. The fourth-order valence-electron chi connectivity index (χ4n) is 3.33. The second kappa shape index (κ2) is 8.15. The number of hydrogen-bond donors (Lipinski definition) is 0. The molecule has 0 aliphatic carbocycles. The van der Waals surface area contributed by atoms with E-state index in [0.717, 1.165) is 16.9 Å². The van der Waals surface area contributed by atoms with Crippen LogP contribution >= 0.6 is 0 Å². The molecule has 0 N–H and O–H groups in total.